The fourth-order valence-electron chi connectivity index (χ4n) is 4.30. The molecule has 1 N–H and O–H groups in total. The van der Waals surface area contributed by atoms with E-state index in [1.54, 1.807) is 6.07 Å². The Morgan fingerprint density at radius 2 is 1.80 bits per heavy atom. The largest absolute Gasteiger partial charge is 0.573 e. The molecule has 6 heteroatoms. The highest BCUT2D eigenvalue weighted by molar-refractivity contribution is 5.86. The second-order valence-electron chi connectivity index (χ2n) is 7.79. The van der Waals surface area contributed by atoms with Crippen LogP contribution < -0.4 is 15.0 Å². The van der Waals surface area contributed by atoms with E-state index in [9.17, 15) is 13.2 Å². The van der Waals surface area contributed by atoms with Gasteiger partial charge in [-0.05, 0) is 48.2 Å². The molecule has 1 aliphatic rings. The van der Waals surface area contributed by atoms with E-state index in [4.69, 9.17) is 0 Å². The highest BCUT2D eigenvalue weighted by atomic mass is 19.4. The predicted molar refractivity (Wildman–Crippen MR) is 114 cm³/mol. The quantitative estimate of drug-likeness (QED) is 0.549. The summed E-state index contributed by atoms with van der Waals surface area (Å²) < 4.78 is 41.7. The van der Waals surface area contributed by atoms with E-state index in [1.165, 1.54) is 28.5 Å². The van der Waals surface area contributed by atoms with Crippen molar-refractivity contribution >= 4 is 16.5 Å². The zero-order chi connectivity index (χ0) is 21.1. The van der Waals surface area contributed by atoms with Crippen molar-refractivity contribution < 1.29 is 17.9 Å². The zero-order valence-electron chi connectivity index (χ0n) is 16.8. The summed E-state index contributed by atoms with van der Waals surface area (Å²) in [7, 11) is 0. The Morgan fingerprint density at radius 1 is 1.03 bits per heavy atom. The maximum Gasteiger partial charge on any atom is 0.573 e. The van der Waals surface area contributed by atoms with Crippen LogP contribution in [0.25, 0.3) is 10.8 Å². The number of halogens is 3. The normalized spacial score (nSPS) is 18.4. The van der Waals surface area contributed by atoms with Crippen molar-refractivity contribution in [2.45, 2.75) is 38.2 Å². The SMILES string of the molecule is C[C@H](N[C@@H]1CCCN(c2cccc(OC(F)(F)F)c2)C1)c1cccc2ccccc12. The maximum absolute atomic E-state index is 12.5. The first-order valence-corrected chi connectivity index (χ1v) is 10.2. The molecule has 0 saturated carbocycles. The van der Waals surface area contributed by atoms with Crippen molar-refractivity contribution in [2.24, 2.45) is 0 Å². The second-order valence-corrected chi connectivity index (χ2v) is 7.79. The summed E-state index contributed by atoms with van der Waals surface area (Å²) in [4.78, 5) is 2.13. The molecule has 1 aliphatic heterocycles. The van der Waals surface area contributed by atoms with Crippen LogP contribution in [0.1, 0.15) is 31.4 Å². The standard InChI is InChI=1S/C24H25F3N2O/c1-17(22-13-4-8-18-7-2-3-12-23(18)22)28-19-9-6-14-29(16-19)20-10-5-11-21(15-20)30-24(25,26)27/h2-5,7-8,10-13,15,17,19,28H,6,9,14,16H2,1H3/t17-,19+/m0/s1. The number of anilines is 1. The minimum atomic E-state index is -4.68. The van der Waals surface area contributed by atoms with Gasteiger partial charge in [-0.3, -0.25) is 0 Å². The number of piperidine rings is 1. The van der Waals surface area contributed by atoms with Gasteiger partial charge in [0, 0.05) is 36.9 Å². The van der Waals surface area contributed by atoms with Gasteiger partial charge in [-0.1, -0.05) is 48.5 Å². The molecule has 0 radical (unpaired) electrons. The molecule has 158 valence electrons. The van der Waals surface area contributed by atoms with Crippen LogP contribution >= 0.6 is 0 Å². The van der Waals surface area contributed by atoms with Gasteiger partial charge < -0.3 is 15.0 Å². The van der Waals surface area contributed by atoms with Crippen LogP contribution in [0.5, 0.6) is 5.75 Å². The third-order valence-electron chi connectivity index (χ3n) is 5.61. The number of nitrogens with zero attached hydrogens (tertiary/aromatic N) is 1. The van der Waals surface area contributed by atoms with Crippen LogP contribution in [0.15, 0.2) is 66.7 Å². The zero-order valence-corrected chi connectivity index (χ0v) is 16.8. The van der Waals surface area contributed by atoms with Gasteiger partial charge in [0.15, 0.2) is 0 Å². The molecular formula is C24H25F3N2O. The fraction of sp³-hybridized carbons (Fsp3) is 0.333. The van der Waals surface area contributed by atoms with Gasteiger partial charge in [0.2, 0.25) is 0 Å². The Hall–Kier alpha value is -2.73. The Morgan fingerprint density at radius 3 is 2.63 bits per heavy atom. The number of fused-ring (bicyclic) bond motifs is 1. The molecule has 3 aromatic rings. The number of benzene rings is 3. The fourth-order valence-corrected chi connectivity index (χ4v) is 4.30. The minimum absolute atomic E-state index is 0.168. The molecule has 30 heavy (non-hydrogen) atoms. The van der Waals surface area contributed by atoms with Crippen LogP contribution in [0, 0.1) is 0 Å². The van der Waals surface area contributed by atoms with E-state index in [-0.39, 0.29) is 17.8 Å². The molecule has 0 aromatic heterocycles. The predicted octanol–water partition coefficient (Wildman–Crippen LogP) is 6.06. The first-order chi connectivity index (χ1) is 14.4. The van der Waals surface area contributed by atoms with Crippen molar-refractivity contribution in [3.8, 4) is 5.75 Å². The van der Waals surface area contributed by atoms with Crippen LogP contribution in [-0.4, -0.2) is 25.5 Å². The molecule has 0 bridgehead atoms. The maximum atomic E-state index is 12.5. The first kappa shape index (κ1) is 20.5. The highest BCUT2D eigenvalue weighted by Crippen LogP contribution is 2.29. The van der Waals surface area contributed by atoms with Crippen molar-refractivity contribution in [1.29, 1.82) is 0 Å². The van der Waals surface area contributed by atoms with Crippen molar-refractivity contribution in [3.63, 3.8) is 0 Å². The highest BCUT2D eigenvalue weighted by Gasteiger charge is 2.31. The topological polar surface area (TPSA) is 24.5 Å². The number of hydrogen-bond acceptors (Lipinski definition) is 3. The summed E-state index contributed by atoms with van der Waals surface area (Å²) in [5.41, 5.74) is 2.01. The summed E-state index contributed by atoms with van der Waals surface area (Å²) in [5.74, 6) is -0.181. The lowest BCUT2D eigenvalue weighted by molar-refractivity contribution is -0.274. The van der Waals surface area contributed by atoms with Gasteiger partial charge in [-0.25, -0.2) is 0 Å². The molecule has 3 aromatic carbocycles. The van der Waals surface area contributed by atoms with E-state index in [0.29, 0.717) is 0 Å². The average molecular weight is 414 g/mol. The van der Waals surface area contributed by atoms with Crippen LogP contribution in [0.3, 0.4) is 0 Å². The van der Waals surface area contributed by atoms with Crippen LogP contribution in [0.2, 0.25) is 0 Å². The summed E-state index contributed by atoms with van der Waals surface area (Å²) in [6.07, 6.45) is -2.67. The average Bonchev–Trinajstić information content (AvgIpc) is 2.72. The molecule has 0 unspecified atom stereocenters. The molecule has 3 nitrogen and oxygen atoms in total. The smallest absolute Gasteiger partial charge is 0.406 e. The first-order valence-electron chi connectivity index (χ1n) is 10.2. The number of ether oxygens (including phenoxy) is 1. The lowest BCUT2D eigenvalue weighted by Gasteiger charge is -2.36. The number of hydrogen-bond donors (Lipinski definition) is 1. The number of alkyl halides is 3. The Labute approximate surface area is 174 Å². The van der Waals surface area contributed by atoms with E-state index >= 15 is 0 Å². The monoisotopic (exact) mass is 414 g/mol. The van der Waals surface area contributed by atoms with Gasteiger partial charge in [0.1, 0.15) is 5.75 Å². The van der Waals surface area contributed by atoms with E-state index < -0.39 is 6.36 Å². The van der Waals surface area contributed by atoms with E-state index in [2.05, 4.69) is 58.3 Å². The Kier molecular flexibility index (Phi) is 5.86. The van der Waals surface area contributed by atoms with Crippen molar-refractivity contribution in [1.82, 2.24) is 5.32 Å². The molecular weight excluding hydrogens is 389 g/mol. The van der Waals surface area contributed by atoms with Gasteiger partial charge in [0.25, 0.3) is 0 Å². The molecule has 2 atom stereocenters. The Balaban J connectivity index is 1.46. The van der Waals surface area contributed by atoms with Crippen LogP contribution in [0.4, 0.5) is 18.9 Å². The third kappa shape index (κ3) is 4.87. The molecule has 4 rings (SSSR count). The second kappa shape index (κ2) is 8.56. The van der Waals surface area contributed by atoms with Gasteiger partial charge in [-0.2, -0.15) is 0 Å². The molecule has 1 heterocycles. The lowest BCUT2D eigenvalue weighted by atomic mass is 9.97. The molecule has 0 amide bonds. The van der Waals surface area contributed by atoms with E-state index in [0.717, 1.165) is 31.6 Å². The van der Waals surface area contributed by atoms with Gasteiger partial charge in [0.05, 0.1) is 0 Å². The Bertz CT molecular complexity index is 1000. The summed E-state index contributed by atoms with van der Waals surface area (Å²) in [6.45, 7) is 3.72. The van der Waals surface area contributed by atoms with Crippen molar-refractivity contribution in [2.75, 3.05) is 18.0 Å². The summed E-state index contributed by atoms with van der Waals surface area (Å²) in [5, 5.41) is 6.19. The number of nitrogens with one attached hydrogen (secondary N) is 1. The number of rotatable bonds is 5. The van der Waals surface area contributed by atoms with E-state index in [1.807, 2.05) is 12.1 Å². The van der Waals surface area contributed by atoms with Gasteiger partial charge >= 0.3 is 6.36 Å². The minimum Gasteiger partial charge on any atom is -0.406 e. The molecule has 0 aliphatic carbocycles. The lowest BCUT2D eigenvalue weighted by Crippen LogP contribution is -2.46. The van der Waals surface area contributed by atoms with Gasteiger partial charge in [-0.15, -0.1) is 13.2 Å². The van der Waals surface area contributed by atoms with Crippen LogP contribution in [-0.2, 0) is 0 Å². The summed E-state index contributed by atoms with van der Waals surface area (Å²) >= 11 is 0. The molecule has 0 spiro atoms. The molecule has 1 fully saturated rings. The summed E-state index contributed by atoms with van der Waals surface area (Å²) in [6, 6.07) is 21.3. The third-order valence-corrected chi connectivity index (χ3v) is 5.61. The molecule has 1 saturated heterocycles. The van der Waals surface area contributed by atoms with Crippen molar-refractivity contribution in [3.05, 3.63) is 72.3 Å².